The second kappa shape index (κ2) is 6.30. The van der Waals surface area contributed by atoms with Gasteiger partial charge in [0.15, 0.2) is 0 Å². The van der Waals surface area contributed by atoms with E-state index >= 15 is 0 Å². The van der Waals surface area contributed by atoms with Gasteiger partial charge in [-0.2, -0.15) is 5.26 Å². The van der Waals surface area contributed by atoms with Crippen LogP contribution in [0.25, 0.3) is 0 Å². The van der Waals surface area contributed by atoms with Gasteiger partial charge >= 0.3 is 0 Å². The van der Waals surface area contributed by atoms with E-state index in [1.807, 2.05) is 19.1 Å². The Balaban J connectivity index is 2.58. The van der Waals surface area contributed by atoms with Gasteiger partial charge in [0.2, 0.25) is 5.91 Å². The van der Waals surface area contributed by atoms with E-state index in [4.69, 9.17) is 5.26 Å². The molecule has 4 nitrogen and oxygen atoms in total. The Morgan fingerprint density at radius 1 is 1.59 bits per heavy atom. The summed E-state index contributed by atoms with van der Waals surface area (Å²) >= 11 is 0. The molecule has 1 N–H and O–H groups in total. The van der Waals surface area contributed by atoms with Crippen LogP contribution in [0, 0.1) is 30.1 Å². The van der Waals surface area contributed by atoms with Gasteiger partial charge in [0.25, 0.3) is 0 Å². The Morgan fingerprint density at radius 2 is 2.35 bits per heavy atom. The van der Waals surface area contributed by atoms with Crippen molar-refractivity contribution in [2.45, 2.75) is 20.3 Å². The van der Waals surface area contributed by atoms with E-state index in [-0.39, 0.29) is 5.91 Å². The van der Waals surface area contributed by atoms with Crippen LogP contribution in [0.1, 0.15) is 30.2 Å². The molecule has 0 spiro atoms. The summed E-state index contributed by atoms with van der Waals surface area (Å²) in [4.78, 5) is 14.6. The molecule has 0 bridgehead atoms. The fourth-order valence-corrected chi connectivity index (χ4v) is 1.23. The first-order valence-electron chi connectivity index (χ1n) is 5.23. The molecule has 0 aromatic carbocycles. The van der Waals surface area contributed by atoms with E-state index in [0.717, 1.165) is 11.1 Å². The van der Waals surface area contributed by atoms with Gasteiger partial charge in [-0.3, -0.25) is 4.79 Å². The molecule has 1 heterocycles. The van der Waals surface area contributed by atoms with Crippen molar-refractivity contribution in [1.82, 2.24) is 10.3 Å². The van der Waals surface area contributed by atoms with Crippen LogP contribution >= 0.6 is 0 Å². The molecule has 0 saturated heterocycles. The van der Waals surface area contributed by atoms with Gasteiger partial charge in [0.05, 0.1) is 0 Å². The van der Waals surface area contributed by atoms with Gasteiger partial charge in [-0.25, -0.2) is 4.98 Å². The van der Waals surface area contributed by atoms with Crippen LogP contribution in [0.15, 0.2) is 12.3 Å². The number of aryl methyl sites for hydroxylation is 1. The van der Waals surface area contributed by atoms with Crippen LogP contribution in [0.2, 0.25) is 0 Å². The summed E-state index contributed by atoms with van der Waals surface area (Å²) in [6.45, 7) is 3.85. The van der Waals surface area contributed by atoms with Gasteiger partial charge in [0, 0.05) is 31.6 Å². The number of hydrogen-bond acceptors (Lipinski definition) is 3. The molecule has 0 saturated carbocycles. The fraction of sp³-hybridized carbons (Fsp3) is 0.308. The fourth-order valence-electron chi connectivity index (χ4n) is 1.23. The highest BCUT2D eigenvalue weighted by Crippen LogP contribution is 2.05. The number of carbonyl (C=O) groups excluding carboxylic acids is 1. The molecule has 0 atom stereocenters. The molecule has 0 fully saturated rings. The monoisotopic (exact) mass is 227 g/mol. The van der Waals surface area contributed by atoms with E-state index in [1.165, 1.54) is 6.92 Å². The molecule has 0 aliphatic rings. The van der Waals surface area contributed by atoms with Crippen molar-refractivity contribution in [3.63, 3.8) is 0 Å². The molecule has 1 rings (SSSR count). The highest BCUT2D eigenvalue weighted by Gasteiger charge is 1.98. The maximum absolute atomic E-state index is 10.6. The lowest BCUT2D eigenvalue weighted by molar-refractivity contribution is -0.118. The zero-order valence-corrected chi connectivity index (χ0v) is 9.87. The lowest BCUT2D eigenvalue weighted by Gasteiger charge is -1.96. The molecule has 0 aliphatic heterocycles. The molecule has 1 aromatic heterocycles. The first-order valence-corrected chi connectivity index (χ1v) is 5.23. The lowest BCUT2D eigenvalue weighted by atomic mass is 10.1. The molecular formula is C13H13N3O. The quantitative estimate of drug-likeness (QED) is 0.608. The minimum Gasteiger partial charge on any atom is -0.355 e. The van der Waals surface area contributed by atoms with Crippen molar-refractivity contribution in [2.75, 3.05) is 6.54 Å². The van der Waals surface area contributed by atoms with Gasteiger partial charge < -0.3 is 5.32 Å². The van der Waals surface area contributed by atoms with Crippen LogP contribution in [-0.4, -0.2) is 17.4 Å². The third kappa shape index (κ3) is 4.36. The summed E-state index contributed by atoms with van der Waals surface area (Å²) in [5.41, 5.74) is 2.03. The van der Waals surface area contributed by atoms with Crippen LogP contribution in [0.4, 0.5) is 0 Å². The van der Waals surface area contributed by atoms with E-state index in [1.54, 1.807) is 6.20 Å². The Bertz CT molecular complexity index is 518. The number of amides is 1. The smallest absolute Gasteiger partial charge is 0.216 e. The molecule has 86 valence electrons. The third-order valence-electron chi connectivity index (χ3n) is 2.04. The molecule has 1 aromatic rings. The van der Waals surface area contributed by atoms with Gasteiger partial charge in [0.1, 0.15) is 11.8 Å². The average Bonchev–Trinajstić information content (AvgIpc) is 2.28. The zero-order valence-electron chi connectivity index (χ0n) is 9.87. The number of nitriles is 1. The van der Waals surface area contributed by atoms with Crippen molar-refractivity contribution in [3.8, 4) is 17.9 Å². The SMILES string of the molecule is CC(=O)NCCC#Cc1cnc(C#N)c(C)c1. The second-order valence-electron chi connectivity index (χ2n) is 3.54. The normalized spacial score (nSPS) is 8.76. The first-order chi connectivity index (χ1) is 8.13. The average molecular weight is 227 g/mol. The van der Waals surface area contributed by atoms with Crippen LogP contribution in [0.5, 0.6) is 0 Å². The van der Waals surface area contributed by atoms with E-state index < -0.39 is 0 Å². The maximum Gasteiger partial charge on any atom is 0.216 e. The largest absolute Gasteiger partial charge is 0.355 e. The molecular weight excluding hydrogens is 214 g/mol. The minimum absolute atomic E-state index is 0.0531. The van der Waals surface area contributed by atoms with Gasteiger partial charge in [-0.1, -0.05) is 11.8 Å². The summed E-state index contributed by atoms with van der Waals surface area (Å²) in [7, 11) is 0. The second-order valence-corrected chi connectivity index (χ2v) is 3.54. The molecule has 0 radical (unpaired) electrons. The summed E-state index contributed by atoms with van der Waals surface area (Å²) in [5, 5.41) is 11.4. The van der Waals surface area contributed by atoms with Gasteiger partial charge in [-0.15, -0.1) is 0 Å². The van der Waals surface area contributed by atoms with Crippen molar-refractivity contribution in [3.05, 3.63) is 29.1 Å². The van der Waals surface area contributed by atoms with Crippen molar-refractivity contribution in [2.24, 2.45) is 0 Å². The third-order valence-corrected chi connectivity index (χ3v) is 2.04. The van der Waals surface area contributed by atoms with Crippen LogP contribution in [0.3, 0.4) is 0 Å². The summed E-state index contributed by atoms with van der Waals surface area (Å²) < 4.78 is 0. The highest BCUT2D eigenvalue weighted by atomic mass is 16.1. The van der Waals surface area contributed by atoms with Crippen LogP contribution in [-0.2, 0) is 4.79 Å². The predicted octanol–water partition coefficient (Wildman–Crippen LogP) is 1.14. The Morgan fingerprint density at radius 3 is 2.94 bits per heavy atom. The molecule has 0 aliphatic carbocycles. The van der Waals surface area contributed by atoms with Crippen molar-refractivity contribution >= 4 is 5.91 Å². The first kappa shape index (κ1) is 12.7. The minimum atomic E-state index is -0.0531. The molecule has 0 unspecified atom stereocenters. The van der Waals surface area contributed by atoms with E-state index in [2.05, 4.69) is 22.1 Å². The molecule has 17 heavy (non-hydrogen) atoms. The summed E-state index contributed by atoms with van der Waals surface area (Å²) in [6, 6.07) is 3.83. The molecule has 4 heteroatoms. The van der Waals surface area contributed by atoms with Crippen LogP contribution < -0.4 is 5.32 Å². The number of aromatic nitrogens is 1. The Labute approximate surface area is 101 Å². The van der Waals surface area contributed by atoms with Crippen molar-refractivity contribution in [1.29, 1.82) is 5.26 Å². The van der Waals surface area contributed by atoms with Gasteiger partial charge in [-0.05, 0) is 18.6 Å². The van der Waals surface area contributed by atoms with E-state index in [9.17, 15) is 4.79 Å². The number of pyridine rings is 1. The number of nitrogens with one attached hydrogen (secondary N) is 1. The summed E-state index contributed by atoms with van der Waals surface area (Å²) in [6.07, 6.45) is 2.18. The van der Waals surface area contributed by atoms with Crippen molar-refractivity contribution < 1.29 is 4.79 Å². The number of carbonyl (C=O) groups is 1. The topological polar surface area (TPSA) is 65.8 Å². The Hall–Kier alpha value is -2.33. The standard InChI is InChI=1S/C13H13N3O/c1-10-7-12(9-16-13(10)8-14)5-3-4-6-15-11(2)17/h7,9H,4,6H2,1-2H3,(H,15,17). The lowest BCUT2D eigenvalue weighted by Crippen LogP contribution is -2.20. The number of nitrogens with zero attached hydrogens (tertiary/aromatic N) is 2. The zero-order chi connectivity index (χ0) is 12.7. The molecule has 1 amide bonds. The highest BCUT2D eigenvalue weighted by molar-refractivity contribution is 5.72. The Kier molecular flexibility index (Phi) is 4.72. The maximum atomic E-state index is 10.6. The number of rotatable bonds is 2. The predicted molar refractivity (Wildman–Crippen MR) is 63.9 cm³/mol. The van der Waals surface area contributed by atoms with E-state index in [0.29, 0.717) is 18.7 Å². The summed E-state index contributed by atoms with van der Waals surface area (Å²) in [5.74, 6) is 5.82. The number of hydrogen-bond donors (Lipinski definition) is 1.